The van der Waals surface area contributed by atoms with Crippen LogP contribution in [0.4, 0.5) is 0 Å². The third-order valence-electron chi connectivity index (χ3n) is 5.52. The number of phenols is 1. The average molecular weight is 489 g/mol. The van der Waals surface area contributed by atoms with E-state index in [1.807, 2.05) is 6.92 Å². The number of hydrogen-bond acceptors (Lipinski definition) is 6. The highest BCUT2D eigenvalue weighted by molar-refractivity contribution is 7.89. The lowest BCUT2D eigenvalue weighted by Crippen LogP contribution is -2.52. The lowest BCUT2D eigenvalue weighted by atomic mass is 10.0. The van der Waals surface area contributed by atoms with Crippen molar-refractivity contribution in [3.8, 4) is 5.75 Å². The van der Waals surface area contributed by atoms with Crippen molar-refractivity contribution < 1.29 is 27.9 Å². The predicted octanol–water partition coefficient (Wildman–Crippen LogP) is 2.92. The summed E-state index contributed by atoms with van der Waals surface area (Å²) in [6.45, 7) is 7.29. The Kier molecular flexibility index (Phi) is 7.67. The van der Waals surface area contributed by atoms with Crippen LogP contribution < -0.4 is 5.32 Å². The number of phenolic OH excluding ortho intramolecular Hbond substituents is 1. The number of esters is 1. The molecule has 34 heavy (non-hydrogen) atoms. The van der Waals surface area contributed by atoms with Gasteiger partial charge in [0.15, 0.2) is 0 Å². The van der Waals surface area contributed by atoms with E-state index < -0.39 is 39.6 Å². The van der Waals surface area contributed by atoms with Crippen LogP contribution in [0.15, 0.2) is 53.4 Å². The summed E-state index contributed by atoms with van der Waals surface area (Å²) in [5, 5.41) is 12.3. The molecule has 0 spiro atoms. The van der Waals surface area contributed by atoms with Crippen LogP contribution in [0, 0.1) is 6.92 Å². The molecule has 0 saturated carbocycles. The number of carbonyl (C=O) groups is 2. The van der Waals surface area contributed by atoms with Crippen molar-refractivity contribution in [2.75, 3.05) is 6.54 Å². The molecule has 0 aliphatic carbocycles. The molecule has 1 heterocycles. The van der Waals surface area contributed by atoms with Gasteiger partial charge in [0.05, 0.1) is 4.90 Å². The van der Waals surface area contributed by atoms with Crippen molar-refractivity contribution in [3.05, 3.63) is 59.7 Å². The van der Waals surface area contributed by atoms with Gasteiger partial charge in [-0.1, -0.05) is 29.8 Å². The number of aromatic hydroxyl groups is 1. The molecule has 1 aliphatic rings. The lowest BCUT2D eigenvalue weighted by Gasteiger charge is -2.28. The number of rotatable bonds is 7. The molecule has 0 radical (unpaired) electrons. The zero-order chi connectivity index (χ0) is 25.1. The molecular weight excluding hydrogens is 456 g/mol. The van der Waals surface area contributed by atoms with E-state index in [4.69, 9.17) is 4.74 Å². The molecule has 0 bridgehead atoms. The van der Waals surface area contributed by atoms with Gasteiger partial charge in [-0.2, -0.15) is 4.31 Å². The van der Waals surface area contributed by atoms with Crippen LogP contribution in [0.1, 0.15) is 44.7 Å². The fourth-order valence-electron chi connectivity index (χ4n) is 3.84. The maximum atomic E-state index is 13.2. The highest BCUT2D eigenvalue weighted by Crippen LogP contribution is 2.27. The first-order valence-electron chi connectivity index (χ1n) is 11.3. The van der Waals surface area contributed by atoms with E-state index >= 15 is 0 Å². The molecule has 3 rings (SSSR count). The van der Waals surface area contributed by atoms with E-state index in [-0.39, 0.29) is 23.6 Å². The number of nitrogens with one attached hydrogen (secondary N) is 1. The first-order chi connectivity index (χ1) is 15.9. The van der Waals surface area contributed by atoms with Gasteiger partial charge < -0.3 is 15.2 Å². The van der Waals surface area contributed by atoms with Crippen molar-refractivity contribution in [1.82, 2.24) is 9.62 Å². The fourth-order valence-corrected chi connectivity index (χ4v) is 5.49. The Morgan fingerprint density at radius 2 is 1.74 bits per heavy atom. The van der Waals surface area contributed by atoms with E-state index in [0.29, 0.717) is 18.4 Å². The van der Waals surface area contributed by atoms with Crippen molar-refractivity contribution >= 4 is 21.9 Å². The van der Waals surface area contributed by atoms with E-state index in [1.54, 1.807) is 45.0 Å². The van der Waals surface area contributed by atoms with E-state index in [1.165, 1.54) is 28.6 Å². The number of benzene rings is 2. The molecule has 8 nitrogen and oxygen atoms in total. The molecular formula is C25H32N2O6S. The van der Waals surface area contributed by atoms with Gasteiger partial charge >= 0.3 is 5.97 Å². The Morgan fingerprint density at radius 1 is 1.12 bits per heavy atom. The fraction of sp³-hybridized carbons (Fsp3) is 0.440. The lowest BCUT2D eigenvalue weighted by molar-refractivity contribution is -0.158. The van der Waals surface area contributed by atoms with Gasteiger partial charge in [-0.15, -0.1) is 0 Å². The second-order valence-corrected chi connectivity index (χ2v) is 11.4. The molecule has 2 aromatic rings. The Morgan fingerprint density at radius 3 is 2.32 bits per heavy atom. The van der Waals surface area contributed by atoms with Gasteiger partial charge in [0, 0.05) is 13.0 Å². The van der Waals surface area contributed by atoms with E-state index in [9.17, 15) is 23.1 Å². The Balaban J connectivity index is 1.81. The number of nitrogens with zero attached hydrogens (tertiary/aromatic N) is 1. The van der Waals surface area contributed by atoms with E-state index in [0.717, 1.165) is 5.56 Å². The van der Waals surface area contributed by atoms with Gasteiger partial charge in [0.1, 0.15) is 23.4 Å². The Labute approximate surface area is 201 Å². The summed E-state index contributed by atoms with van der Waals surface area (Å²) in [5.41, 5.74) is 0.886. The molecule has 2 atom stereocenters. The van der Waals surface area contributed by atoms with Crippen molar-refractivity contribution in [1.29, 1.82) is 0 Å². The van der Waals surface area contributed by atoms with Gasteiger partial charge in [-0.3, -0.25) is 4.79 Å². The second kappa shape index (κ2) is 10.1. The Bertz CT molecular complexity index is 1120. The molecule has 0 unspecified atom stereocenters. The number of aryl methyl sites for hydroxylation is 1. The molecule has 2 N–H and O–H groups in total. The summed E-state index contributed by atoms with van der Waals surface area (Å²) in [6, 6.07) is 10.9. The summed E-state index contributed by atoms with van der Waals surface area (Å²) < 4.78 is 33.2. The summed E-state index contributed by atoms with van der Waals surface area (Å²) >= 11 is 0. The number of carbonyl (C=O) groups excluding carboxylic acids is 2. The number of amides is 1. The van der Waals surface area contributed by atoms with Crippen molar-refractivity contribution in [2.24, 2.45) is 0 Å². The molecule has 1 aliphatic heterocycles. The van der Waals surface area contributed by atoms with E-state index in [2.05, 4.69) is 5.32 Å². The van der Waals surface area contributed by atoms with Crippen LogP contribution >= 0.6 is 0 Å². The maximum Gasteiger partial charge on any atom is 0.329 e. The first kappa shape index (κ1) is 25.7. The first-order valence-corrected chi connectivity index (χ1v) is 12.7. The van der Waals surface area contributed by atoms with Crippen LogP contribution in [-0.2, 0) is 30.8 Å². The quantitative estimate of drug-likeness (QED) is 0.580. The highest BCUT2D eigenvalue weighted by Gasteiger charge is 2.41. The topological polar surface area (TPSA) is 113 Å². The second-order valence-electron chi connectivity index (χ2n) is 9.55. The third kappa shape index (κ3) is 6.36. The predicted molar refractivity (Wildman–Crippen MR) is 128 cm³/mol. The summed E-state index contributed by atoms with van der Waals surface area (Å²) in [7, 11) is -3.87. The molecule has 184 valence electrons. The van der Waals surface area contributed by atoms with Crippen LogP contribution in [0.25, 0.3) is 0 Å². The third-order valence-corrected chi connectivity index (χ3v) is 7.44. The molecule has 0 aromatic heterocycles. The standard InChI is InChI=1S/C25H32N2O6S/c1-17-7-13-20(14-8-17)34(31,32)27-15-5-6-22(27)23(29)26-21(24(30)33-25(2,3)4)16-18-9-11-19(28)12-10-18/h7-14,21-22,28H,5-6,15-16H2,1-4H3,(H,26,29)/t21-,22-/m0/s1. The van der Waals surface area contributed by atoms with Gasteiger partial charge in [0.2, 0.25) is 15.9 Å². The average Bonchev–Trinajstić information content (AvgIpc) is 3.25. The minimum atomic E-state index is -3.87. The molecule has 1 amide bonds. The van der Waals surface area contributed by atoms with Crippen LogP contribution in [0.3, 0.4) is 0 Å². The van der Waals surface area contributed by atoms with Crippen LogP contribution in [0.2, 0.25) is 0 Å². The van der Waals surface area contributed by atoms with Crippen molar-refractivity contribution in [3.63, 3.8) is 0 Å². The van der Waals surface area contributed by atoms with Crippen LogP contribution in [0.5, 0.6) is 5.75 Å². The molecule has 1 saturated heterocycles. The molecule has 9 heteroatoms. The molecule has 2 aromatic carbocycles. The van der Waals surface area contributed by atoms with Gasteiger partial charge in [0.25, 0.3) is 0 Å². The zero-order valence-corrected chi connectivity index (χ0v) is 20.8. The largest absolute Gasteiger partial charge is 0.508 e. The summed E-state index contributed by atoms with van der Waals surface area (Å²) in [5.74, 6) is -1.06. The minimum Gasteiger partial charge on any atom is -0.508 e. The smallest absolute Gasteiger partial charge is 0.329 e. The van der Waals surface area contributed by atoms with Gasteiger partial charge in [-0.05, 0) is 70.4 Å². The number of hydrogen-bond donors (Lipinski definition) is 2. The van der Waals surface area contributed by atoms with Crippen molar-refractivity contribution in [2.45, 2.75) is 69.5 Å². The Hall–Kier alpha value is -2.91. The monoisotopic (exact) mass is 488 g/mol. The maximum absolute atomic E-state index is 13.2. The van der Waals surface area contributed by atoms with Gasteiger partial charge in [-0.25, -0.2) is 13.2 Å². The zero-order valence-electron chi connectivity index (χ0n) is 19.9. The number of ether oxygens (including phenoxy) is 1. The van der Waals surface area contributed by atoms with Crippen LogP contribution in [-0.4, -0.2) is 53.9 Å². The minimum absolute atomic E-state index is 0.0875. The molecule has 1 fully saturated rings. The SMILES string of the molecule is Cc1ccc(S(=O)(=O)N2CCC[C@H]2C(=O)N[C@@H](Cc2ccc(O)cc2)C(=O)OC(C)(C)C)cc1. The highest BCUT2D eigenvalue weighted by atomic mass is 32.2. The summed E-state index contributed by atoms with van der Waals surface area (Å²) in [6.07, 6.45) is 1.04. The normalized spacial score (nSPS) is 17.8. The number of sulfonamides is 1. The summed E-state index contributed by atoms with van der Waals surface area (Å²) in [4.78, 5) is 26.3.